The molecule has 44 heavy (non-hydrogen) atoms. The lowest BCUT2D eigenvalue weighted by molar-refractivity contribution is -0.145. The predicted molar refractivity (Wildman–Crippen MR) is 161 cm³/mol. The lowest BCUT2D eigenvalue weighted by Gasteiger charge is -2.42. The molecule has 2 saturated carbocycles. The number of thioether (sulfide) groups is 1. The highest BCUT2D eigenvalue weighted by Crippen LogP contribution is 2.47. The van der Waals surface area contributed by atoms with Crippen molar-refractivity contribution in [3.63, 3.8) is 0 Å². The Morgan fingerprint density at radius 1 is 1.09 bits per heavy atom. The number of esters is 1. The van der Waals surface area contributed by atoms with Gasteiger partial charge in [-0.15, -0.1) is 0 Å². The van der Waals surface area contributed by atoms with E-state index in [1.54, 1.807) is 23.6 Å². The van der Waals surface area contributed by atoms with Crippen LogP contribution in [0.1, 0.15) is 74.7 Å². The van der Waals surface area contributed by atoms with E-state index in [4.69, 9.17) is 14.5 Å². The fraction of sp³-hybridized carbons (Fsp3) is 0.625. The maximum absolute atomic E-state index is 13.9. The quantitative estimate of drug-likeness (QED) is 0.278. The first-order valence-electron chi connectivity index (χ1n) is 15.8. The minimum absolute atomic E-state index is 0.0244. The predicted octanol–water partition coefficient (Wildman–Crippen LogP) is 4.60. The Hall–Kier alpha value is -2.99. The molecule has 0 bridgehead atoms. The van der Waals surface area contributed by atoms with Gasteiger partial charge in [0.1, 0.15) is 5.75 Å². The summed E-state index contributed by atoms with van der Waals surface area (Å²) in [6, 6.07) is 6.95. The molecule has 6 rings (SSSR count). The number of fused-ring (bicyclic) bond motifs is 1. The van der Waals surface area contributed by atoms with Crippen molar-refractivity contribution in [2.24, 2.45) is 5.92 Å². The highest BCUT2D eigenvalue weighted by atomic mass is 32.2. The van der Waals surface area contributed by atoms with Crippen molar-refractivity contribution >= 4 is 23.6 Å². The molecule has 2 aliphatic heterocycles. The zero-order chi connectivity index (χ0) is 30.8. The second kappa shape index (κ2) is 13.2. The first-order valence-corrected chi connectivity index (χ1v) is 16.6. The van der Waals surface area contributed by atoms with Crippen LogP contribution in [0.3, 0.4) is 0 Å². The van der Waals surface area contributed by atoms with Crippen LogP contribution in [0.5, 0.6) is 5.75 Å². The Balaban J connectivity index is 1.06. The second-order valence-corrected chi connectivity index (χ2v) is 13.7. The number of alkyl halides is 2. The van der Waals surface area contributed by atoms with Gasteiger partial charge in [0.25, 0.3) is 11.5 Å². The molecule has 0 spiro atoms. The van der Waals surface area contributed by atoms with Gasteiger partial charge in [0, 0.05) is 50.7 Å². The molecule has 1 aromatic heterocycles. The van der Waals surface area contributed by atoms with Gasteiger partial charge in [0.15, 0.2) is 11.8 Å². The molecule has 2 aromatic rings. The summed E-state index contributed by atoms with van der Waals surface area (Å²) in [6.45, 7) is 4.55. The number of rotatable bonds is 10. The standard InChI is InChI=1S/C32H40F2N4O5S/c1-2-42-28(39)20-43-24-10-8-21(9-11-24)16-36-17-22(18-36)29(40)37-13-12-27-26(19-37)30(41)38(23-14-32(33,34)15-23)31(35-27)44-25-6-4-3-5-7-25/h8-11,22-23,25H,2-7,12-20H2,1H3. The van der Waals surface area contributed by atoms with E-state index in [2.05, 4.69) is 4.90 Å². The van der Waals surface area contributed by atoms with Crippen LogP contribution in [0.25, 0.3) is 0 Å². The molecular weight excluding hydrogens is 590 g/mol. The molecule has 3 fully saturated rings. The van der Waals surface area contributed by atoms with Crippen molar-refractivity contribution < 1.29 is 27.8 Å². The van der Waals surface area contributed by atoms with E-state index in [0.29, 0.717) is 66.6 Å². The molecule has 238 valence electrons. The van der Waals surface area contributed by atoms with Crippen LogP contribution in [0.4, 0.5) is 8.78 Å². The van der Waals surface area contributed by atoms with Gasteiger partial charge >= 0.3 is 5.97 Å². The van der Waals surface area contributed by atoms with Crippen LogP contribution in [0.2, 0.25) is 0 Å². The number of halogens is 2. The van der Waals surface area contributed by atoms with E-state index in [9.17, 15) is 23.2 Å². The molecule has 0 radical (unpaired) electrons. The van der Waals surface area contributed by atoms with Gasteiger partial charge in [-0.25, -0.2) is 18.6 Å². The molecule has 1 saturated heterocycles. The summed E-state index contributed by atoms with van der Waals surface area (Å²) < 4.78 is 39.6. The van der Waals surface area contributed by atoms with Gasteiger partial charge in [0.05, 0.1) is 36.4 Å². The smallest absolute Gasteiger partial charge is 0.344 e. The summed E-state index contributed by atoms with van der Waals surface area (Å²) in [6.07, 6.45) is 5.42. The summed E-state index contributed by atoms with van der Waals surface area (Å²) in [4.78, 5) is 47.5. The van der Waals surface area contributed by atoms with Crippen LogP contribution in [-0.2, 0) is 33.8 Å². The van der Waals surface area contributed by atoms with E-state index in [1.165, 1.54) is 11.0 Å². The first-order chi connectivity index (χ1) is 21.2. The Morgan fingerprint density at radius 3 is 2.50 bits per heavy atom. The Bertz CT molecular complexity index is 1410. The van der Waals surface area contributed by atoms with Gasteiger partial charge in [-0.05, 0) is 37.5 Å². The zero-order valence-electron chi connectivity index (χ0n) is 25.1. The Kier molecular flexibility index (Phi) is 9.28. The summed E-state index contributed by atoms with van der Waals surface area (Å²) >= 11 is 1.58. The molecule has 0 unspecified atom stereocenters. The number of amides is 1. The van der Waals surface area contributed by atoms with Gasteiger partial charge in [0.2, 0.25) is 5.91 Å². The lowest BCUT2D eigenvalue weighted by atomic mass is 9.88. The topological polar surface area (TPSA) is 94.0 Å². The van der Waals surface area contributed by atoms with Gasteiger partial charge in [-0.3, -0.25) is 19.1 Å². The normalized spacial score (nSPS) is 20.8. The van der Waals surface area contributed by atoms with Crippen molar-refractivity contribution in [3.05, 3.63) is 51.4 Å². The van der Waals surface area contributed by atoms with Crippen LogP contribution >= 0.6 is 11.8 Å². The van der Waals surface area contributed by atoms with E-state index in [1.807, 2.05) is 24.3 Å². The van der Waals surface area contributed by atoms with Crippen molar-refractivity contribution in [3.8, 4) is 5.75 Å². The molecule has 9 nitrogen and oxygen atoms in total. The minimum atomic E-state index is -2.75. The number of hydrogen-bond acceptors (Lipinski definition) is 8. The molecule has 2 aliphatic carbocycles. The third kappa shape index (κ3) is 6.96. The molecule has 0 atom stereocenters. The van der Waals surface area contributed by atoms with E-state index >= 15 is 0 Å². The number of ether oxygens (including phenoxy) is 2. The van der Waals surface area contributed by atoms with E-state index < -0.39 is 17.9 Å². The molecule has 1 amide bonds. The number of nitrogens with zero attached hydrogens (tertiary/aromatic N) is 4. The van der Waals surface area contributed by atoms with Crippen LogP contribution in [0, 0.1) is 5.92 Å². The lowest BCUT2D eigenvalue weighted by Crippen LogP contribution is -2.55. The number of likely N-dealkylation sites (tertiary alicyclic amines) is 1. The maximum Gasteiger partial charge on any atom is 0.344 e. The van der Waals surface area contributed by atoms with Crippen molar-refractivity contribution in [1.82, 2.24) is 19.4 Å². The van der Waals surface area contributed by atoms with Gasteiger partial charge in [-0.1, -0.05) is 43.2 Å². The second-order valence-electron chi connectivity index (χ2n) is 12.4. The minimum Gasteiger partial charge on any atom is -0.482 e. The highest BCUT2D eigenvalue weighted by molar-refractivity contribution is 7.99. The van der Waals surface area contributed by atoms with E-state index in [-0.39, 0.29) is 43.4 Å². The fourth-order valence-electron chi connectivity index (χ4n) is 6.61. The number of benzene rings is 1. The number of carbonyl (C=O) groups is 2. The van der Waals surface area contributed by atoms with Gasteiger partial charge < -0.3 is 14.4 Å². The average Bonchev–Trinajstić information content (AvgIpc) is 2.97. The van der Waals surface area contributed by atoms with Crippen LogP contribution in [-0.4, -0.2) is 75.2 Å². The first kappa shape index (κ1) is 31.0. The maximum atomic E-state index is 13.9. The van der Waals surface area contributed by atoms with Crippen LogP contribution in [0.15, 0.2) is 34.2 Å². The summed E-state index contributed by atoms with van der Waals surface area (Å²) in [5.41, 5.74) is 2.01. The Labute approximate surface area is 260 Å². The largest absolute Gasteiger partial charge is 0.482 e. The molecular formula is C32H40F2N4O5S. The molecule has 12 heteroatoms. The molecule has 4 aliphatic rings. The van der Waals surface area contributed by atoms with Gasteiger partial charge in [-0.2, -0.15) is 0 Å². The van der Waals surface area contributed by atoms with Crippen molar-refractivity contribution in [1.29, 1.82) is 0 Å². The zero-order valence-corrected chi connectivity index (χ0v) is 26.0. The summed E-state index contributed by atoms with van der Waals surface area (Å²) in [5.74, 6) is -2.69. The molecule has 0 N–H and O–H groups in total. The fourth-order valence-corrected chi connectivity index (χ4v) is 7.99. The van der Waals surface area contributed by atoms with E-state index in [0.717, 1.165) is 31.2 Å². The number of aromatic nitrogens is 2. The molecule has 1 aromatic carbocycles. The SMILES string of the molecule is CCOC(=O)COc1ccc(CN2CC(C(=O)N3CCc4nc(SC5CCCCC5)n(C5CC(F)(F)C5)c(=O)c4C3)C2)cc1. The average molecular weight is 631 g/mol. The number of hydrogen-bond donors (Lipinski definition) is 0. The molecule has 3 heterocycles. The summed E-state index contributed by atoms with van der Waals surface area (Å²) in [7, 11) is 0. The third-order valence-electron chi connectivity index (χ3n) is 9.10. The third-order valence-corrected chi connectivity index (χ3v) is 10.4. The number of carbonyl (C=O) groups excluding carboxylic acids is 2. The monoisotopic (exact) mass is 630 g/mol. The Morgan fingerprint density at radius 2 is 1.82 bits per heavy atom. The van der Waals surface area contributed by atoms with Crippen molar-refractivity contribution in [2.45, 2.75) is 93.8 Å². The van der Waals surface area contributed by atoms with Crippen molar-refractivity contribution in [2.75, 3.05) is 32.8 Å². The summed E-state index contributed by atoms with van der Waals surface area (Å²) in [5, 5.41) is 0.931. The van der Waals surface area contributed by atoms with Crippen LogP contribution < -0.4 is 10.3 Å². The highest BCUT2D eigenvalue weighted by Gasteiger charge is 2.48.